The second-order valence-electron chi connectivity index (χ2n) is 11.7. The molecule has 9 heteroatoms. The van der Waals surface area contributed by atoms with Crippen LogP contribution in [-0.2, 0) is 19.4 Å². The molecule has 0 aliphatic rings. The van der Waals surface area contributed by atoms with Gasteiger partial charge in [-0.3, -0.25) is 8.98 Å². The van der Waals surface area contributed by atoms with Gasteiger partial charge in [0.05, 0.1) is 34.8 Å². The molecule has 0 aliphatic carbocycles. The smallest absolute Gasteiger partial charge is 0.219 e. The third-order valence-corrected chi connectivity index (χ3v) is 8.18. The van der Waals surface area contributed by atoms with Crippen LogP contribution in [-0.4, -0.2) is 76.2 Å². The molecular weight excluding hydrogens is 532 g/mol. The van der Waals surface area contributed by atoms with Gasteiger partial charge in [0.2, 0.25) is 16.3 Å². The molecule has 0 unspecified atom stereocenters. The zero-order valence-corrected chi connectivity index (χ0v) is 27.9. The van der Waals surface area contributed by atoms with E-state index in [1.807, 2.05) is 0 Å². The zero-order valence-electron chi connectivity index (χ0n) is 26.3. The summed E-state index contributed by atoms with van der Waals surface area (Å²) in [5.74, 6) is 2.98. The van der Waals surface area contributed by atoms with Crippen LogP contribution in [0, 0.1) is 0 Å². The van der Waals surface area contributed by atoms with Gasteiger partial charge in [0.25, 0.3) is 0 Å². The van der Waals surface area contributed by atoms with Crippen LogP contribution in [0.1, 0.15) is 135 Å². The van der Waals surface area contributed by atoms with Gasteiger partial charge in [-0.2, -0.15) is 11.8 Å². The molecule has 39 heavy (non-hydrogen) atoms. The summed E-state index contributed by atoms with van der Waals surface area (Å²) in [7, 11) is 2.98. The Hall–Kier alpha value is -0.350. The zero-order chi connectivity index (χ0) is 29.7. The molecule has 1 N–H and O–H groups in total. The van der Waals surface area contributed by atoms with Gasteiger partial charge in [-0.15, -0.1) is 0 Å². The normalized spacial score (nSPS) is 11.7. The fraction of sp³-hybridized carbons (Fsp3) is 0.967. The number of thioether (sulfide) groups is 1. The molecule has 0 radical (unpaired) electrons. The van der Waals surface area contributed by atoms with Crippen LogP contribution in [0.3, 0.4) is 0 Å². The van der Waals surface area contributed by atoms with Gasteiger partial charge in [0.1, 0.15) is 0 Å². The highest BCUT2D eigenvalue weighted by Gasteiger charge is 2.06. The average Bonchev–Trinajstić information content (AvgIpc) is 2.87. The van der Waals surface area contributed by atoms with E-state index >= 15 is 0 Å². The first-order valence-corrected chi connectivity index (χ1v) is 18.2. The molecule has 0 aromatic carbocycles. The van der Waals surface area contributed by atoms with Crippen molar-refractivity contribution in [3.05, 3.63) is 0 Å². The topological polar surface area (TPSA) is 95.5 Å². The van der Waals surface area contributed by atoms with Crippen LogP contribution in [0.25, 0.3) is 0 Å². The minimum Gasteiger partial charge on any atom is -0.726 e. The number of nitrogens with one attached hydrogen (secondary N) is 1. The van der Waals surface area contributed by atoms with Crippen LogP contribution >= 0.6 is 11.8 Å². The Labute approximate surface area is 247 Å². The van der Waals surface area contributed by atoms with Gasteiger partial charge in [-0.05, 0) is 30.8 Å². The number of hydrogen-bond acceptors (Lipinski definition) is 6. The number of carbonyl (C=O) groups excluding carboxylic acids is 1. The Kier molecular flexibility index (Phi) is 30.5. The molecule has 7 nitrogen and oxygen atoms in total. The highest BCUT2D eigenvalue weighted by molar-refractivity contribution is 7.99. The van der Waals surface area contributed by atoms with Crippen molar-refractivity contribution in [2.75, 3.05) is 52.8 Å². The molecule has 0 aromatic heterocycles. The monoisotopic (exact) mass is 596 g/mol. The first-order chi connectivity index (χ1) is 18.5. The lowest BCUT2D eigenvalue weighted by Crippen LogP contribution is -2.37. The highest BCUT2D eigenvalue weighted by Crippen LogP contribution is 2.15. The molecule has 0 aliphatic heterocycles. The number of unbranched alkanes of at least 4 members (excludes halogenated alkanes) is 16. The Balaban J connectivity index is 0. The van der Waals surface area contributed by atoms with Crippen LogP contribution in [0.2, 0.25) is 0 Å². The van der Waals surface area contributed by atoms with Crippen LogP contribution in [0.15, 0.2) is 0 Å². The third kappa shape index (κ3) is 42.3. The van der Waals surface area contributed by atoms with Crippen molar-refractivity contribution in [1.82, 2.24) is 5.32 Å². The van der Waals surface area contributed by atoms with Gasteiger partial charge < -0.3 is 14.4 Å². The summed E-state index contributed by atoms with van der Waals surface area (Å²) in [6, 6.07) is 0. The third-order valence-electron chi connectivity index (χ3n) is 6.62. The van der Waals surface area contributed by atoms with Gasteiger partial charge in [-0.1, -0.05) is 103 Å². The standard InChI is InChI=1S/C29H60N2OS.CH4O4S/c1-5-6-7-8-9-10-12-15-18-21-27-33-28-22-19-16-13-11-14-17-20-24-29(32)30-25-23-26-31(2,3)4;1-5-6(2,3)4/h5-28H2,1-4H3;1H3,(H,2,3,4). The molecule has 0 saturated heterocycles. The summed E-state index contributed by atoms with van der Waals surface area (Å²) < 4.78 is 32.0. The van der Waals surface area contributed by atoms with Gasteiger partial charge in [0, 0.05) is 19.4 Å². The first-order valence-electron chi connectivity index (χ1n) is 15.7. The van der Waals surface area contributed by atoms with Gasteiger partial charge >= 0.3 is 0 Å². The molecule has 0 bridgehead atoms. The number of rotatable bonds is 27. The maximum absolute atomic E-state index is 11.9. The predicted molar refractivity (Wildman–Crippen MR) is 168 cm³/mol. The minimum absolute atomic E-state index is 0.242. The number of nitrogens with zero attached hydrogens (tertiary/aromatic N) is 1. The van der Waals surface area contributed by atoms with Crippen molar-refractivity contribution in [3.8, 4) is 0 Å². The van der Waals surface area contributed by atoms with E-state index in [-0.39, 0.29) is 5.91 Å². The Morgan fingerprint density at radius 2 is 1.10 bits per heavy atom. The van der Waals surface area contributed by atoms with Crippen LogP contribution < -0.4 is 5.32 Å². The second-order valence-corrected chi connectivity index (χ2v) is 14.0. The Morgan fingerprint density at radius 3 is 1.49 bits per heavy atom. The second kappa shape index (κ2) is 29.2. The van der Waals surface area contributed by atoms with Gasteiger partial charge in [0.15, 0.2) is 0 Å². The van der Waals surface area contributed by atoms with Gasteiger partial charge in [-0.25, -0.2) is 8.42 Å². The molecule has 0 atom stereocenters. The van der Waals surface area contributed by atoms with E-state index < -0.39 is 10.4 Å². The van der Waals surface area contributed by atoms with E-state index in [2.05, 4.69) is 49.3 Å². The fourth-order valence-corrected chi connectivity index (χ4v) is 5.23. The van der Waals surface area contributed by atoms with E-state index in [0.29, 0.717) is 6.42 Å². The number of carbonyl (C=O) groups is 1. The lowest BCUT2D eigenvalue weighted by Gasteiger charge is -2.23. The van der Waals surface area contributed by atoms with Crippen molar-refractivity contribution < 1.29 is 26.4 Å². The summed E-state index contributed by atoms with van der Waals surface area (Å²) in [6.07, 6.45) is 26.6. The fourth-order valence-electron chi connectivity index (χ4n) is 4.21. The molecule has 0 saturated carbocycles. The maximum Gasteiger partial charge on any atom is 0.219 e. The summed E-state index contributed by atoms with van der Waals surface area (Å²) in [6.45, 7) is 4.23. The SMILES string of the molecule is CCCCCCCCCCCCSCCCCCCCCCCC(=O)NCCC[N+](C)(C)C.COS(=O)(=O)[O-]. The van der Waals surface area contributed by atoms with Crippen molar-refractivity contribution in [2.24, 2.45) is 0 Å². The number of quaternary nitrogens is 1. The van der Waals surface area contributed by atoms with Crippen molar-refractivity contribution in [2.45, 2.75) is 135 Å². The van der Waals surface area contributed by atoms with Crippen LogP contribution in [0.4, 0.5) is 0 Å². The first kappa shape index (κ1) is 40.8. The summed E-state index contributed by atoms with van der Waals surface area (Å²) >= 11 is 2.18. The largest absolute Gasteiger partial charge is 0.726 e. The predicted octanol–water partition coefficient (Wildman–Crippen LogP) is 7.46. The number of hydrogen-bond donors (Lipinski definition) is 1. The Bertz CT molecular complexity index is 625. The maximum atomic E-state index is 11.9. The summed E-state index contributed by atoms with van der Waals surface area (Å²) in [5, 5.41) is 3.07. The lowest BCUT2D eigenvalue weighted by atomic mass is 10.1. The molecule has 1 amide bonds. The van der Waals surface area contributed by atoms with E-state index in [4.69, 9.17) is 0 Å². The Morgan fingerprint density at radius 1 is 0.718 bits per heavy atom. The molecule has 236 valence electrons. The molecular formula is C30H64N2O5S2. The summed E-state index contributed by atoms with van der Waals surface area (Å²) in [4.78, 5) is 11.9. The quantitative estimate of drug-likeness (QED) is 0.0458. The molecule has 0 rings (SSSR count). The molecule has 0 heterocycles. The minimum atomic E-state index is -4.41. The molecule has 0 fully saturated rings. The highest BCUT2D eigenvalue weighted by atomic mass is 32.3. The lowest BCUT2D eigenvalue weighted by molar-refractivity contribution is -0.870. The van der Waals surface area contributed by atoms with E-state index in [1.165, 1.54) is 121 Å². The van der Waals surface area contributed by atoms with E-state index in [0.717, 1.165) is 37.5 Å². The van der Waals surface area contributed by atoms with Crippen molar-refractivity contribution >= 4 is 28.1 Å². The molecule has 0 spiro atoms. The summed E-state index contributed by atoms with van der Waals surface area (Å²) in [5.41, 5.74) is 0. The average molecular weight is 597 g/mol. The van der Waals surface area contributed by atoms with E-state index in [1.54, 1.807) is 0 Å². The van der Waals surface area contributed by atoms with Crippen molar-refractivity contribution in [1.29, 1.82) is 0 Å². The van der Waals surface area contributed by atoms with Crippen molar-refractivity contribution in [3.63, 3.8) is 0 Å². The number of amides is 1. The van der Waals surface area contributed by atoms with E-state index in [9.17, 15) is 17.8 Å². The molecule has 0 aromatic rings. The van der Waals surface area contributed by atoms with Crippen LogP contribution in [0.5, 0.6) is 0 Å².